The molecule has 2 aromatic rings. The van der Waals surface area contributed by atoms with Crippen molar-refractivity contribution < 1.29 is 24.9 Å². The van der Waals surface area contributed by atoms with E-state index in [1.165, 1.54) is 10.9 Å². The molecule has 3 heterocycles. The number of ether oxygens (including phenoxy) is 1. The molecule has 11 nitrogen and oxygen atoms in total. The number of anilines is 1. The van der Waals surface area contributed by atoms with Gasteiger partial charge in [0.2, 0.25) is 5.82 Å². The van der Waals surface area contributed by atoms with Gasteiger partial charge in [-0.05, 0) is 56.3 Å². The number of aromatic nitrogens is 4. The smallest absolute Gasteiger partial charge is 0.252 e. The number of imidazole rings is 1. The lowest BCUT2D eigenvalue weighted by Gasteiger charge is -2.26. The number of fused-ring (bicyclic) bond motifs is 3. The molecule has 174 valence electrons. The number of carbonyl (C=O) groups is 1. The number of rotatable bonds is 3. The van der Waals surface area contributed by atoms with Crippen molar-refractivity contribution in [3.05, 3.63) is 12.2 Å². The molecule has 4 aliphatic rings. The maximum atomic E-state index is 12.4. The van der Waals surface area contributed by atoms with Crippen LogP contribution in [-0.2, 0) is 9.53 Å². The topological polar surface area (TPSA) is 169 Å². The summed E-state index contributed by atoms with van der Waals surface area (Å²) in [5, 5.41) is 34.7. The fraction of sp³-hybridized carbons (Fsp3) is 0.636. The zero-order valence-corrected chi connectivity index (χ0v) is 17.9. The molecule has 7 atom stereocenters. The first-order chi connectivity index (χ1) is 15.8. The molecular formula is C22H26N6O5. The molecule has 2 aromatic heterocycles. The van der Waals surface area contributed by atoms with Crippen LogP contribution in [0.15, 0.2) is 6.33 Å². The number of aliphatic hydroxyl groups is 3. The van der Waals surface area contributed by atoms with E-state index in [4.69, 9.17) is 10.5 Å². The van der Waals surface area contributed by atoms with E-state index >= 15 is 0 Å². The van der Waals surface area contributed by atoms with Gasteiger partial charge in [-0.25, -0.2) is 15.0 Å². The molecule has 1 saturated heterocycles. The van der Waals surface area contributed by atoms with Gasteiger partial charge < -0.3 is 31.1 Å². The third-order valence-electron chi connectivity index (χ3n) is 7.35. The maximum Gasteiger partial charge on any atom is 0.252 e. The Morgan fingerprint density at radius 2 is 2.06 bits per heavy atom. The average Bonchev–Trinajstić information content (AvgIpc) is 3.11. The van der Waals surface area contributed by atoms with Crippen LogP contribution < -0.4 is 11.1 Å². The van der Waals surface area contributed by atoms with Gasteiger partial charge in [-0.1, -0.05) is 5.92 Å². The third kappa shape index (κ3) is 3.45. The van der Waals surface area contributed by atoms with Gasteiger partial charge in [-0.2, -0.15) is 0 Å². The molecule has 7 unspecified atom stereocenters. The number of nitrogens with one attached hydrogen (secondary N) is 1. The third-order valence-corrected chi connectivity index (χ3v) is 7.35. The van der Waals surface area contributed by atoms with Crippen LogP contribution in [0.2, 0.25) is 0 Å². The Morgan fingerprint density at radius 1 is 1.24 bits per heavy atom. The van der Waals surface area contributed by atoms with Gasteiger partial charge in [0.1, 0.15) is 23.3 Å². The Labute approximate surface area is 189 Å². The minimum Gasteiger partial charge on any atom is -0.387 e. The Morgan fingerprint density at radius 3 is 2.76 bits per heavy atom. The molecule has 33 heavy (non-hydrogen) atoms. The number of aliphatic hydroxyl groups excluding tert-OH is 2. The van der Waals surface area contributed by atoms with Gasteiger partial charge >= 0.3 is 0 Å². The van der Waals surface area contributed by atoms with E-state index in [9.17, 15) is 20.1 Å². The zero-order chi connectivity index (χ0) is 22.9. The molecule has 0 aromatic carbocycles. The number of hydrogen-bond donors (Lipinski definition) is 5. The molecule has 1 aliphatic heterocycles. The quantitative estimate of drug-likeness (QED) is 0.373. The van der Waals surface area contributed by atoms with E-state index in [0.717, 1.165) is 32.1 Å². The van der Waals surface area contributed by atoms with Gasteiger partial charge in [0.05, 0.1) is 6.33 Å². The lowest BCUT2D eigenvalue weighted by atomic mass is 9.85. The van der Waals surface area contributed by atoms with Crippen LogP contribution in [0.4, 0.5) is 5.82 Å². The second kappa shape index (κ2) is 7.36. The molecule has 0 radical (unpaired) electrons. The van der Waals surface area contributed by atoms with Gasteiger partial charge in [0.15, 0.2) is 23.8 Å². The van der Waals surface area contributed by atoms with Crippen molar-refractivity contribution in [1.82, 2.24) is 24.8 Å². The largest absolute Gasteiger partial charge is 0.387 e. The molecular weight excluding hydrogens is 428 g/mol. The summed E-state index contributed by atoms with van der Waals surface area (Å²) in [6.45, 7) is 0. The summed E-state index contributed by atoms with van der Waals surface area (Å²) in [5.41, 5.74) is 5.58. The average molecular weight is 454 g/mol. The normalized spacial score (nSPS) is 37.3. The molecule has 3 saturated carbocycles. The maximum absolute atomic E-state index is 12.4. The first-order valence-corrected chi connectivity index (χ1v) is 11.4. The van der Waals surface area contributed by atoms with E-state index in [1.807, 2.05) is 0 Å². The van der Waals surface area contributed by atoms with Crippen LogP contribution in [0.5, 0.6) is 0 Å². The van der Waals surface area contributed by atoms with E-state index in [0.29, 0.717) is 12.3 Å². The first-order valence-electron chi connectivity index (χ1n) is 11.4. The van der Waals surface area contributed by atoms with Gasteiger partial charge in [-0.3, -0.25) is 9.36 Å². The van der Waals surface area contributed by atoms with Crippen LogP contribution in [0.25, 0.3) is 11.2 Å². The fourth-order valence-electron chi connectivity index (χ4n) is 5.42. The summed E-state index contributed by atoms with van der Waals surface area (Å²) in [6.07, 6.45) is 1.83. The van der Waals surface area contributed by atoms with Crippen molar-refractivity contribution in [3.8, 4) is 11.8 Å². The zero-order valence-electron chi connectivity index (χ0n) is 17.9. The number of nitrogens with two attached hydrogens (primary N) is 1. The molecule has 3 aliphatic carbocycles. The van der Waals surface area contributed by atoms with Gasteiger partial charge in [-0.15, -0.1) is 0 Å². The predicted molar refractivity (Wildman–Crippen MR) is 114 cm³/mol. The van der Waals surface area contributed by atoms with Crippen LogP contribution >= 0.6 is 0 Å². The van der Waals surface area contributed by atoms with E-state index < -0.39 is 36.0 Å². The van der Waals surface area contributed by atoms with Crippen LogP contribution in [-0.4, -0.2) is 70.7 Å². The van der Waals surface area contributed by atoms with Gasteiger partial charge in [0.25, 0.3) is 5.91 Å². The highest BCUT2D eigenvalue weighted by atomic mass is 16.6. The van der Waals surface area contributed by atoms with Crippen molar-refractivity contribution in [2.75, 3.05) is 5.73 Å². The monoisotopic (exact) mass is 454 g/mol. The second-order valence-electron chi connectivity index (χ2n) is 9.72. The van der Waals surface area contributed by atoms with Crippen molar-refractivity contribution in [2.24, 2.45) is 11.8 Å². The van der Waals surface area contributed by atoms with E-state index in [-0.39, 0.29) is 34.8 Å². The lowest BCUT2D eigenvalue weighted by molar-refractivity contribution is -0.137. The number of nitrogen functional groups attached to an aromatic ring is 1. The van der Waals surface area contributed by atoms with Crippen molar-refractivity contribution >= 4 is 22.9 Å². The van der Waals surface area contributed by atoms with Crippen molar-refractivity contribution in [1.29, 1.82) is 0 Å². The highest BCUT2D eigenvalue weighted by Gasteiger charge is 2.50. The minimum absolute atomic E-state index is 0.0946. The van der Waals surface area contributed by atoms with Crippen LogP contribution in [0, 0.1) is 23.7 Å². The highest BCUT2D eigenvalue weighted by Crippen LogP contribution is 2.50. The second-order valence-corrected chi connectivity index (χ2v) is 9.72. The summed E-state index contributed by atoms with van der Waals surface area (Å²) in [6, 6.07) is 0.0946. The first kappa shape index (κ1) is 20.8. The van der Waals surface area contributed by atoms with Crippen LogP contribution in [0.1, 0.15) is 50.6 Å². The Hall–Kier alpha value is -2.78. The molecule has 2 bridgehead atoms. The van der Waals surface area contributed by atoms with Crippen molar-refractivity contribution in [3.63, 3.8) is 0 Å². The van der Waals surface area contributed by atoms with E-state index in [1.54, 1.807) is 0 Å². The number of hydrogen-bond acceptors (Lipinski definition) is 9. The molecule has 4 fully saturated rings. The highest BCUT2D eigenvalue weighted by molar-refractivity contribution is 5.83. The molecule has 11 heteroatoms. The number of amides is 1. The van der Waals surface area contributed by atoms with Crippen LogP contribution in [0.3, 0.4) is 0 Å². The summed E-state index contributed by atoms with van der Waals surface area (Å²) in [5.74, 6) is 6.27. The SMILES string of the molecule is Nc1nc(C#CC2(O)CC3CCC2C3)nc2c1ncn2C1OC(C(=O)NC2CC2)C(O)C1O. The summed E-state index contributed by atoms with van der Waals surface area (Å²) in [7, 11) is 0. The van der Waals surface area contributed by atoms with Gasteiger partial charge in [0, 0.05) is 6.04 Å². The summed E-state index contributed by atoms with van der Waals surface area (Å²) < 4.78 is 7.15. The summed E-state index contributed by atoms with van der Waals surface area (Å²) >= 11 is 0. The van der Waals surface area contributed by atoms with Crippen molar-refractivity contribution in [2.45, 2.75) is 74.7 Å². The molecule has 6 rings (SSSR count). The summed E-state index contributed by atoms with van der Waals surface area (Å²) in [4.78, 5) is 25.3. The lowest BCUT2D eigenvalue weighted by Crippen LogP contribution is -2.43. The minimum atomic E-state index is -1.41. The van der Waals surface area contributed by atoms with E-state index in [2.05, 4.69) is 32.1 Å². The Kier molecular flexibility index (Phi) is 4.64. The number of carbonyl (C=O) groups excluding carboxylic acids is 1. The molecule has 6 N–H and O–H groups in total. The Balaban J connectivity index is 1.30. The predicted octanol–water partition coefficient (Wildman–Crippen LogP) is -0.791. The number of nitrogens with zero attached hydrogens (tertiary/aromatic N) is 4. The molecule has 1 amide bonds. The fourth-order valence-corrected chi connectivity index (χ4v) is 5.42. The molecule has 0 spiro atoms. The standard InChI is InChI=1S/C22H26N6O5/c23-18-14-19(27-13(26-18)5-6-22(32)8-10-1-2-11(22)7-10)28(9-24-14)21-16(30)15(29)17(33-21)20(31)25-12-3-4-12/h9-12,15-17,21,29-30,32H,1-4,7-8H2,(H,25,31)(H2,23,26,27). The Bertz CT molecular complexity index is 1190.